The fraction of sp³-hybridized carbons (Fsp3) is 0.550. The third kappa shape index (κ3) is 5.91. The number of carbonyl (C=O) groups excluding carboxylic acids is 3. The van der Waals surface area contributed by atoms with Crippen molar-refractivity contribution < 1.29 is 23.9 Å². The van der Waals surface area contributed by atoms with Gasteiger partial charge in [0.15, 0.2) is 0 Å². The molecule has 2 aliphatic rings. The van der Waals surface area contributed by atoms with E-state index in [1.807, 2.05) is 24.3 Å². The molecule has 2 saturated heterocycles. The van der Waals surface area contributed by atoms with Crippen molar-refractivity contribution in [1.29, 1.82) is 0 Å². The third-order valence-electron chi connectivity index (χ3n) is 5.13. The summed E-state index contributed by atoms with van der Waals surface area (Å²) >= 11 is 0. The van der Waals surface area contributed by atoms with Crippen LogP contribution in [0.25, 0.3) is 0 Å². The number of imide groups is 1. The molecule has 0 saturated carbocycles. The van der Waals surface area contributed by atoms with Crippen LogP contribution in [0.2, 0.25) is 0 Å². The number of methoxy groups -OCH3 is 1. The molecule has 0 aromatic heterocycles. The van der Waals surface area contributed by atoms with Crippen molar-refractivity contribution in [1.82, 2.24) is 20.4 Å². The quantitative estimate of drug-likeness (QED) is 0.562. The van der Waals surface area contributed by atoms with Gasteiger partial charge in [0.25, 0.3) is 5.91 Å². The number of benzene rings is 1. The van der Waals surface area contributed by atoms with Gasteiger partial charge in [0, 0.05) is 32.7 Å². The van der Waals surface area contributed by atoms with E-state index in [-0.39, 0.29) is 24.8 Å². The predicted molar refractivity (Wildman–Crippen MR) is 106 cm³/mol. The van der Waals surface area contributed by atoms with Crippen LogP contribution in [0.5, 0.6) is 5.75 Å². The Morgan fingerprint density at radius 2 is 1.93 bits per heavy atom. The van der Waals surface area contributed by atoms with Crippen molar-refractivity contribution in [3.05, 3.63) is 29.8 Å². The van der Waals surface area contributed by atoms with Gasteiger partial charge in [0.05, 0.1) is 26.7 Å². The monoisotopic (exact) mass is 404 g/mol. The highest BCUT2D eigenvalue weighted by Gasteiger charge is 2.38. The van der Waals surface area contributed by atoms with E-state index in [0.29, 0.717) is 26.2 Å². The summed E-state index contributed by atoms with van der Waals surface area (Å²) in [6.45, 7) is 4.66. The molecule has 29 heavy (non-hydrogen) atoms. The molecule has 158 valence electrons. The minimum atomic E-state index is -0.804. The molecule has 0 unspecified atom stereocenters. The molecule has 2 aliphatic heterocycles. The number of carbonyl (C=O) groups is 3. The molecular formula is C20H28N4O5. The first-order chi connectivity index (χ1) is 14.1. The van der Waals surface area contributed by atoms with Gasteiger partial charge in [-0.2, -0.15) is 0 Å². The summed E-state index contributed by atoms with van der Waals surface area (Å²) in [6.07, 6.45) is 0.494. The van der Waals surface area contributed by atoms with Crippen LogP contribution in [0.1, 0.15) is 12.0 Å². The zero-order valence-electron chi connectivity index (χ0n) is 16.7. The van der Waals surface area contributed by atoms with Crippen molar-refractivity contribution in [2.45, 2.75) is 18.9 Å². The zero-order valence-corrected chi connectivity index (χ0v) is 16.7. The van der Waals surface area contributed by atoms with Crippen molar-refractivity contribution in [2.24, 2.45) is 0 Å². The topological polar surface area (TPSA) is 100 Å². The van der Waals surface area contributed by atoms with Gasteiger partial charge in [0.2, 0.25) is 5.91 Å². The molecule has 0 bridgehead atoms. The lowest BCUT2D eigenvalue weighted by molar-refractivity contribution is -0.130. The molecule has 0 spiro atoms. The van der Waals surface area contributed by atoms with E-state index in [1.54, 1.807) is 7.11 Å². The summed E-state index contributed by atoms with van der Waals surface area (Å²) in [5.41, 5.74) is 0.996. The van der Waals surface area contributed by atoms with E-state index in [1.165, 1.54) is 4.90 Å². The van der Waals surface area contributed by atoms with Crippen molar-refractivity contribution >= 4 is 17.8 Å². The normalized spacial score (nSPS) is 19.9. The van der Waals surface area contributed by atoms with Crippen LogP contribution in [0, 0.1) is 0 Å². The number of morpholine rings is 1. The van der Waals surface area contributed by atoms with Gasteiger partial charge in [-0.3, -0.25) is 19.4 Å². The molecule has 0 aliphatic carbocycles. The molecule has 1 atom stereocenters. The molecule has 0 radical (unpaired) electrons. The standard InChI is InChI=1S/C20H28N4O5/c1-28-16-4-2-15(3-5-16)6-8-24-19(26)17(22-20(24)27)14-18(25)21-7-9-23-10-12-29-13-11-23/h2-5,17H,6-14H2,1H3,(H,21,25)(H,22,27)/t17-/m1/s1. The minimum Gasteiger partial charge on any atom is -0.497 e. The average molecular weight is 404 g/mol. The number of nitrogens with one attached hydrogen (secondary N) is 2. The van der Waals surface area contributed by atoms with Gasteiger partial charge in [-0.15, -0.1) is 0 Å². The van der Waals surface area contributed by atoms with Crippen LogP contribution < -0.4 is 15.4 Å². The molecule has 2 heterocycles. The van der Waals surface area contributed by atoms with E-state index in [2.05, 4.69) is 15.5 Å². The SMILES string of the molecule is COc1ccc(CCN2C(=O)N[C@H](CC(=O)NCCN3CCOCC3)C2=O)cc1. The number of urea groups is 1. The fourth-order valence-electron chi connectivity index (χ4n) is 3.40. The van der Waals surface area contributed by atoms with Gasteiger partial charge < -0.3 is 20.1 Å². The molecule has 1 aromatic rings. The molecule has 2 fully saturated rings. The first-order valence-corrected chi connectivity index (χ1v) is 9.88. The van der Waals surface area contributed by atoms with Crippen LogP contribution in [-0.4, -0.2) is 86.7 Å². The second-order valence-corrected chi connectivity index (χ2v) is 7.10. The smallest absolute Gasteiger partial charge is 0.324 e. The molecule has 1 aromatic carbocycles. The lowest BCUT2D eigenvalue weighted by Gasteiger charge is -2.26. The maximum absolute atomic E-state index is 12.5. The number of ether oxygens (including phenoxy) is 2. The summed E-state index contributed by atoms with van der Waals surface area (Å²) in [4.78, 5) is 40.2. The Kier molecular flexibility index (Phi) is 7.42. The van der Waals surface area contributed by atoms with E-state index < -0.39 is 12.1 Å². The van der Waals surface area contributed by atoms with Crippen LogP contribution in [0.4, 0.5) is 4.79 Å². The lowest BCUT2D eigenvalue weighted by atomic mass is 10.1. The summed E-state index contributed by atoms with van der Waals surface area (Å²) in [6, 6.07) is 6.22. The van der Waals surface area contributed by atoms with Gasteiger partial charge in [-0.25, -0.2) is 4.79 Å². The largest absolute Gasteiger partial charge is 0.497 e. The maximum atomic E-state index is 12.5. The Morgan fingerprint density at radius 1 is 1.21 bits per heavy atom. The molecule has 3 rings (SSSR count). The van der Waals surface area contributed by atoms with Crippen molar-refractivity contribution in [3.63, 3.8) is 0 Å². The highest BCUT2D eigenvalue weighted by atomic mass is 16.5. The summed E-state index contributed by atoms with van der Waals surface area (Å²) in [5, 5.41) is 5.43. The Balaban J connectivity index is 1.40. The maximum Gasteiger partial charge on any atom is 0.324 e. The van der Waals surface area contributed by atoms with E-state index >= 15 is 0 Å². The molecule has 4 amide bonds. The van der Waals surface area contributed by atoms with Gasteiger partial charge >= 0.3 is 6.03 Å². The van der Waals surface area contributed by atoms with E-state index in [9.17, 15) is 14.4 Å². The highest BCUT2D eigenvalue weighted by Crippen LogP contribution is 2.14. The van der Waals surface area contributed by atoms with Gasteiger partial charge in [-0.05, 0) is 24.1 Å². The molecular weight excluding hydrogens is 376 g/mol. The summed E-state index contributed by atoms with van der Waals surface area (Å²) in [7, 11) is 1.60. The molecule has 2 N–H and O–H groups in total. The minimum absolute atomic E-state index is 0.0489. The first kappa shape index (κ1) is 21.1. The first-order valence-electron chi connectivity index (χ1n) is 9.88. The zero-order chi connectivity index (χ0) is 20.6. The Hall–Kier alpha value is -2.65. The Labute approximate surface area is 170 Å². The second-order valence-electron chi connectivity index (χ2n) is 7.10. The van der Waals surface area contributed by atoms with Gasteiger partial charge in [-0.1, -0.05) is 12.1 Å². The van der Waals surface area contributed by atoms with Crippen molar-refractivity contribution in [3.8, 4) is 5.75 Å². The molecule has 9 heteroatoms. The van der Waals surface area contributed by atoms with E-state index in [0.717, 1.165) is 30.9 Å². The predicted octanol–water partition coefficient (Wildman–Crippen LogP) is -0.00340. The lowest BCUT2D eigenvalue weighted by Crippen LogP contribution is -2.42. The average Bonchev–Trinajstić information content (AvgIpc) is 3.00. The van der Waals surface area contributed by atoms with Crippen LogP contribution in [-0.2, 0) is 20.7 Å². The summed E-state index contributed by atoms with van der Waals surface area (Å²) < 4.78 is 10.4. The van der Waals surface area contributed by atoms with Crippen LogP contribution >= 0.6 is 0 Å². The second kappa shape index (κ2) is 10.2. The van der Waals surface area contributed by atoms with Crippen LogP contribution in [0.15, 0.2) is 24.3 Å². The number of hydrogen-bond acceptors (Lipinski definition) is 6. The number of rotatable bonds is 9. The Morgan fingerprint density at radius 3 is 2.62 bits per heavy atom. The fourth-order valence-corrected chi connectivity index (χ4v) is 3.40. The van der Waals surface area contributed by atoms with Gasteiger partial charge in [0.1, 0.15) is 11.8 Å². The number of nitrogens with zero attached hydrogens (tertiary/aromatic N) is 2. The Bertz CT molecular complexity index is 718. The molecule has 9 nitrogen and oxygen atoms in total. The highest BCUT2D eigenvalue weighted by molar-refractivity contribution is 6.05. The summed E-state index contributed by atoms with van der Waals surface area (Å²) in [5.74, 6) is 0.157. The van der Waals surface area contributed by atoms with E-state index in [4.69, 9.17) is 9.47 Å². The number of hydrogen-bond donors (Lipinski definition) is 2. The third-order valence-corrected chi connectivity index (χ3v) is 5.13. The number of amides is 4. The van der Waals surface area contributed by atoms with Crippen LogP contribution in [0.3, 0.4) is 0 Å². The van der Waals surface area contributed by atoms with Crippen molar-refractivity contribution in [2.75, 3.05) is 53.0 Å².